The molecule has 2 N–H and O–H groups in total. The molecule has 0 atom stereocenters. The predicted molar refractivity (Wildman–Crippen MR) is 154 cm³/mol. The van der Waals surface area contributed by atoms with Gasteiger partial charge in [0.05, 0.1) is 11.1 Å². The third kappa shape index (κ3) is 6.34. The standard InChI is InChI=1S/C29H24N2O2.2C2H6/c1-21-9-7-12-24(28(21)32)19-31-20-30(26-14-3-2-4-15-26)18-25-13-8-11-23(29(25)33)17-22-10-5-6-16-27(22)31;2*1-2/h2-16,18-19H,17,20H2,1H3;2*1-2H3/p+2. The number of para-hydroxylation sites is 4. The van der Waals surface area contributed by atoms with Gasteiger partial charge in [-0.05, 0) is 30.2 Å². The fourth-order valence-corrected chi connectivity index (χ4v) is 4.29. The molecule has 0 aliphatic carbocycles. The summed E-state index contributed by atoms with van der Waals surface area (Å²) in [5.74, 6) is 0.590. The number of hydrogen-bond acceptors (Lipinski definition) is 2. The number of aryl methyl sites for hydroxylation is 1. The van der Waals surface area contributed by atoms with E-state index in [-0.39, 0.29) is 5.75 Å². The van der Waals surface area contributed by atoms with Crippen molar-refractivity contribution in [1.82, 2.24) is 0 Å². The lowest BCUT2D eigenvalue weighted by Crippen LogP contribution is -2.23. The Bertz CT molecular complexity index is 1390. The third-order valence-corrected chi connectivity index (χ3v) is 6.08. The molecule has 4 nitrogen and oxygen atoms in total. The zero-order valence-corrected chi connectivity index (χ0v) is 22.5. The summed E-state index contributed by atoms with van der Waals surface area (Å²) < 4.78 is 4.28. The molecule has 0 amide bonds. The van der Waals surface area contributed by atoms with Crippen LogP contribution in [0.15, 0.2) is 91.0 Å². The molecule has 0 fully saturated rings. The Morgan fingerprint density at radius 1 is 0.676 bits per heavy atom. The molecule has 1 aliphatic heterocycles. The summed E-state index contributed by atoms with van der Waals surface area (Å²) >= 11 is 0. The second-order valence-electron chi connectivity index (χ2n) is 8.35. The van der Waals surface area contributed by atoms with Crippen LogP contribution >= 0.6 is 0 Å². The van der Waals surface area contributed by atoms with Crippen molar-refractivity contribution in [2.24, 2.45) is 0 Å². The van der Waals surface area contributed by atoms with Gasteiger partial charge in [0.1, 0.15) is 11.5 Å². The summed E-state index contributed by atoms with van der Waals surface area (Å²) in [5, 5.41) is 21.7. The maximum absolute atomic E-state index is 11.0. The molecule has 0 radical (unpaired) electrons. The molecule has 0 saturated carbocycles. The lowest BCUT2D eigenvalue weighted by atomic mass is 9.99. The lowest BCUT2D eigenvalue weighted by molar-refractivity contribution is -0.649. The Kier molecular flexibility index (Phi) is 9.79. The molecule has 4 aromatic rings. The van der Waals surface area contributed by atoms with Gasteiger partial charge in [-0.3, -0.25) is 0 Å². The van der Waals surface area contributed by atoms with E-state index in [2.05, 4.69) is 33.4 Å². The van der Waals surface area contributed by atoms with Crippen molar-refractivity contribution in [2.45, 2.75) is 41.0 Å². The molecule has 0 spiro atoms. The largest absolute Gasteiger partial charge is 0.507 e. The van der Waals surface area contributed by atoms with Crippen molar-refractivity contribution in [3.05, 3.63) is 119 Å². The van der Waals surface area contributed by atoms with Gasteiger partial charge in [0, 0.05) is 30.2 Å². The van der Waals surface area contributed by atoms with Crippen LogP contribution in [0.2, 0.25) is 0 Å². The molecule has 4 heteroatoms. The molecule has 0 saturated heterocycles. The molecular formula is C33H38N2O2+2. The molecule has 0 unspecified atom stereocenters. The molecule has 0 aromatic heterocycles. The van der Waals surface area contributed by atoms with Gasteiger partial charge < -0.3 is 10.2 Å². The summed E-state index contributed by atoms with van der Waals surface area (Å²) in [6.45, 7) is 10.4. The Balaban J connectivity index is 0.000000907. The minimum Gasteiger partial charge on any atom is -0.507 e. The summed E-state index contributed by atoms with van der Waals surface area (Å²) in [7, 11) is 0. The van der Waals surface area contributed by atoms with Crippen molar-refractivity contribution in [2.75, 3.05) is 6.67 Å². The van der Waals surface area contributed by atoms with Gasteiger partial charge in [0.2, 0.25) is 11.4 Å². The topological polar surface area (TPSA) is 46.5 Å². The van der Waals surface area contributed by atoms with Crippen molar-refractivity contribution in [3.8, 4) is 11.5 Å². The van der Waals surface area contributed by atoms with Crippen LogP contribution in [0.4, 0.5) is 11.4 Å². The van der Waals surface area contributed by atoms with E-state index in [1.165, 1.54) is 0 Å². The van der Waals surface area contributed by atoms with E-state index in [1.54, 1.807) is 0 Å². The maximum atomic E-state index is 11.0. The monoisotopic (exact) mass is 494 g/mol. The van der Waals surface area contributed by atoms with E-state index < -0.39 is 0 Å². The molecule has 37 heavy (non-hydrogen) atoms. The van der Waals surface area contributed by atoms with Crippen molar-refractivity contribution < 1.29 is 19.4 Å². The molecule has 1 aliphatic rings. The van der Waals surface area contributed by atoms with E-state index in [4.69, 9.17) is 0 Å². The normalized spacial score (nSPS) is 14.6. The van der Waals surface area contributed by atoms with E-state index in [0.717, 1.165) is 39.2 Å². The fraction of sp³-hybridized carbons (Fsp3) is 0.212. The third-order valence-electron chi connectivity index (χ3n) is 6.08. The zero-order chi connectivity index (χ0) is 26.8. The van der Waals surface area contributed by atoms with Crippen molar-refractivity contribution in [1.29, 1.82) is 0 Å². The molecule has 190 valence electrons. The highest BCUT2D eigenvalue weighted by Gasteiger charge is 2.25. The van der Waals surface area contributed by atoms with Gasteiger partial charge >= 0.3 is 6.67 Å². The van der Waals surface area contributed by atoms with E-state index in [0.29, 0.717) is 18.8 Å². The molecule has 2 bridgehead atoms. The summed E-state index contributed by atoms with van der Waals surface area (Å²) in [5.41, 5.74) is 6.38. The van der Waals surface area contributed by atoms with Gasteiger partial charge in [-0.2, -0.15) is 0 Å². The van der Waals surface area contributed by atoms with Crippen molar-refractivity contribution in [3.63, 3.8) is 0 Å². The first kappa shape index (κ1) is 27.4. The molecule has 5 rings (SSSR count). The van der Waals surface area contributed by atoms with Crippen LogP contribution in [-0.2, 0) is 6.42 Å². The number of phenolic OH excluding ortho intramolecular Hbond substituents is 2. The highest BCUT2D eigenvalue weighted by Crippen LogP contribution is 2.30. The first-order chi connectivity index (χ1) is 18.1. The Hall–Kier alpha value is -4.18. The van der Waals surface area contributed by atoms with Gasteiger partial charge in [-0.1, -0.05) is 88.4 Å². The van der Waals surface area contributed by atoms with E-state index in [1.807, 2.05) is 114 Å². The minimum absolute atomic E-state index is 0.283. The van der Waals surface area contributed by atoms with E-state index >= 15 is 0 Å². The predicted octanol–water partition coefficient (Wildman–Crippen LogP) is 7.55. The molecule has 1 heterocycles. The highest BCUT2D eigenvalue weighted by atomic mass is 16.3. The summed E-state index contributed by atoms with van der Waals surface area (Å²) in [6.07, 6.45) is 4.60. The van der Waals surface area contributed by atoms with Crippen LogP contribution in [0.3, 0.4) is 0 Å². The number of rotatable bonds is 2. The second kappa shape index (κ2) is 13.2. The van der Waals surface area contributed by atoms with Gasteiger partial charge in [-0.15, -0.1) is 9.15 Å². The van der Waals surface area contributed by atoms with Crippen LogP contribution in [0.5, 0.6) is 11.5 Å². The highest BCUT2D eigenvalue weighted by molar-refractivity contribution is 5.83. The molecule has 4 aromatic carbocycles. The van der Waals surface area contributed by atoms with E-state index in [9.17, 15) is 10.2 Å². The second-order valence-corrected chi connectivity index (χ2v) is 8.35. The smallest absolute Gasteiger partial charge is 0.344 e. The average Bonchev–Trinajstić information content (AvgIpc) is 2.95. The van der Waals surface area contributed by atoms with Crippen LogP contribution < -0.4 is 0 Å². The minimum atomic E-state index is 0.283. The number of aromatic hydroxyl groups is 2. The number of nitrogens with zero attached hydrogens (tertiary/aromatic N) is 2. The van der Waals surface area contributed by atoms with Crippen molar-refractivity contribution >= 4 is 23.8 Å². The first-order valence-corrected chi connectivity index (χ1v) is 13.1. The summed E-state index contributed by atoms with van der Waals surface area (Å²) in [4.78, 5) is 0. The van der Waals surface area contributed by atoms with Gasteiger partial charge in [0.15, 0.2) is 12.4 Å². The van der Waals surface area contributed by atoms with Crippen LogP contribution in [0.1, 0.15) is 55.5 Å². The zero-order valence-electron chi connectivity index (χ0n) is 22.5. The fourth-order valence-electron chi connectivity index (χ4n) is 4.29. The lowest BCUT2D eigenvalue weighted by Gasteiger charge is -2.13. The quantitative estimate of drug-likeness (QED) is 0.283. The van der Waals surface area contributed by atoms with Gasteiger partial charge in [-0.25, -0.2) is 0 Å². The molecular weight excluding hydrogens is 456 g/mol. The Morgan fingerprint density at radius 2 is 1.32 bits per heavy atom. The Labute approximate surface area is 221 Å². The number of hydrogen-bond donors (Lipinski definition) is 2. The SMILES string of the molecule is CC.CC.Cc1cccc(/C=[N+]2\C/[N+](c3ccccc3)=C\c3cccc(c3O)Cc3ccccc32)c1O. The number of fused-ring (bicyclic) bond motifs is 3. The van der Waals surface area contributed by atoms with Crippen LogP contribution in [0.25, 0.3) is 0 Å². The average molecular weight is 495 g/mol. The van der Waals surface area contributed by atoms with Crippen LogP contribution in [-0.4, -0.2) is 38.5 Å². The number of benzene rings is 4. The maximum Gasteiger partial charge on any atom is 0.344 e. The first-order valence-electron chi connectivity index (χ1n) is 13.1. The summed E-state index contributed by atoms with van der Waals surface area (Å²) in [6, 6.07) is 30.0. The number of phenols is 2. The Morgan fingerprint density at radius 3 is 2.08 bits per heavy atom. The van der Waals surface area contributed by atoms with Crippen LogP contribution in [0, 0.1) is 6.92 Å². The van der Waals surface area contributed by atoms with Gasteiger partial charge in [0.25, 0.3) is 0 Å².